The molecule has 1 unspecified atom stereocenters. The molecule has 4 rings (SSSR count). The van der Waals surface area contributed by atoms with Crippen LogP contribution in [0.25, 0.3) is 0 Å². The summed E-state index contributed by atoms with van der Waals surface area (Å²) in [6.07, 6.45) is 5.24. The van der Waals surface area contributed by atoms with Crippen molar-refractivity contribution >= 4 is 11.8 Å². The number of hydrogen-bond donors (Lipinski definition) is 0. The van der Waals surface area contributed by atoms with Crippen LogP contribution in [-0.2, 0) is 4.79 Å². The maximum Gasteiger partial charge on any atom is 0.253 e. The highest BCUT2D eigenvalue weighted by atomic mass is 19.1. The van der Waals surface area contributed by atoms with E-state index in [1.807, 2.05) is 41.0 Å². The number of carbonyl (C=O) groups is 2. The molecule has 2 aliphatic rings. The Bertz CT molecular complexity index is 954. The number of rotatable bonds is 6. The van der Waals surface area contributed by atoms with Gasteiger partial charge in [0.25, 0.3) is 5.91 Å². The van der Waals surface area contributed by atoms with Crippen LogP contribution in [-0.4, -0.2) is 54.4 Å². The summed E-state index contributed by atoms with van der Waals surface area (Å²) in [4.78, 5) is 30.3. The predicted molar refractivity (Wildman–Crippen MR) is 126 cm³/mol. The minimum atomic E-state index is -0.471. The van der Waals surface area contributed by atoms with Crippen LogP contribution in [0.3, 0.4) is 0 Å². The van der Waals surface area contributed by atoms with Crippen LogP contribution in [0.4, 0.5) is 4.39 Å². The number of halogens is 1. The molecule has 6 heteroatoms. The molecule has 2 aromatic rings. The maximum atomic E-state index is 13.3. The van der Waals surface area contributed by atoms with E-state index < -0.39 is 5.41 Å². The molecular formula is C27H33FN2O3. The number of aryl methyl sites for hydroxylation is 1. The second-order valence-corrected chi connectivity index (χ2v) is 9.56. The first kappa shape index (κ1) is 23.3. The summed E-state index contributed by atoms with van der Waals surface area (Å²) in [7, 11) is 0. The Kier molecular flexibility index (Phi) is 7.31. The fourth-order valence-electron chi connectivity index (χ4n) is 4.92. The summed E-state index contributed by atoms with van der Waals surface area (Å²) in [6.45, 7) is 5.07. The molecule has 5 nitrogen and oxygen atoms in total. The number of carbonyl (C=O) groups excluding carboxylic acids is 2. The Hall–Kier alpha value is -2.89. The largest absolute Gasteiger partial charge is 0.493 e. The van der Waals surface area contributed by atoms with E-state index in [2.05, 4.69) is 0 Å². The van der Waals surface area contributed by atoms with E-state index in [0.29, 0.717) is 37.4 Å². The standard InChI is InChI=1S/C27H33FN2O3/c1-21-6-8-22(9-7-21)26(32)30-17-5-14-27(19-30,18-25(31)29-15-3-2-4-16-29)20-33-24-12-10-23(28)11-13-24/h6-13H,2-5,14-20H2,1H3. The van der Waals surface area contributed by atoms with E-state index in [4.69, 9.17) is 4.74 Å². The molecule has 0 spiro atoms. The number of amides is 2. The molecule has 2 amide bonds. The number of nitrogens with zero attached hydrogens (tertiary/aromatic N) is 2. The molecule has 2 aliphatic heterocycles. The molecule has 0 aliphatic carbocycles. The summed E-state index contributed by atoms with van der Waals surface area (Å²) in [6, 6.07) is 13.6. The van der Waals surface area contributed by atoms with Crippen molar-refractivity contribution in [2.24, 2.45) is 5.41 Å². The second kappa shape index (κ2) is 10.4. The van der Waals surface area contributed by atoms with Gasteiger partial charge in [0.15, 0.2) is 0 Å². The fraction of sp³-hybridized carbons (Fsp3) is 0.481. The molecular weight excluding hydrogens is 419 g/mol. The first-order valence-electron chi connectivity index (χ1n) is 12.0. The van der Waals surface area contributed by atoms with Crippen molar-refractivity contribution in [1.82, 2.24) is 9.80 Å². The van der Waals surface area contributed by atoms with Gasteiger partial charge >= 0.3 is 0 Å². The third-order valence-electron chi connectivity index (χ3n) is 6.84. The topological polar surface area (TPSA) is 49.9 Å². The average Bonchev–Trinajstić information content (AvgIpc) is 2.84. The van der Waals surface area contributed by atoms with Crippen LogP contribution < -0.4 is 4.74 Å². The van der Waals surface area contributed by atoms with Crippen LogP contribution >= 0.6 is 0 Å². The highest BCUT2D eigenvalue weighted by Gasteiger charge is 2.41. The molecule has 33 heavy (non-hydrogen) atoms. The Morgan fingerprint density at radius 2 is 1.58 bits per heavy atom. The zero-order chi connectivity index (χ0) is 23.3. The molecule has 1 atom stereocenters. The van der Waals surface area contributed by atoms with E-state index in [-0.39, 0.29) is 17.6 Å². The second-order valence-electron chi connectivity index (χ2n) is 9.56. The summed E-state index contributed by atoms with van der Waals surface area (Å²) in [5, 5.41) is 0. The molecule has 2 heterocycles. The van der Waals surface area contributed by atoms with Crippen molar-refractivity contribution in [2.45, 2.75) is 45.4 Å². The minimum Gasteiger partial charge on any atom is -0.493 e. The number of ether oxygens (including phenoxy) is 1. The quantitative estimate of drug-likeness (QED) is 0.630. The Morgan fingerprint density at radius 3 is 2.27 bits per heavy atom. The molecule has 0 saturated carbocycles. The third-order valence-corrected chi connectivity index (χ3v) is 6.84. The SMILES string of the molecule is Cc1ccc(C(=O)N2CCCC(COc3ccc(F)cc3)(CC(=O)N3CCCCC3)C2)cc1. The molecule has 0 N–H and O–H groups in total. The number of hydrogen-bond acceptors (Lipinski definition) is 3. The van der Waals surface area contributed by atoms with Gasteiger partial charge in [-0.25, -0.2) is 4.39 Å². The van der Waals surface area contributed by atoms with Crippen LogP contribution in [0.5, 0.6) is 5.75 Å². The predicted octanol–water partition coefficient (Wildman–Crippen LogP) is 4.84. The van der Waals surface area contributed by atoms with E-state index in [1.54, 1.807) is 12.1 Å². The molecule has 2 fully saturated rings. The Labute approximate surface area is 195 Å². The third kappa shape index (κ3) is 5.92. The van der Waals surface area contributed by atoms with Gasteiger partial charge in [-0.2, -0.15) is 0 Å². The van der Waals surface area contributed by atoms with Crippen molar-refractivity contribution in [2.75, 3.05) is 32.8 Å². The van der Waals surface area contributed by atoms with Crippen molar-refractivity contribution in [1.29, 1.82) is 0 Å². The Morgan fingerprint density at radius 1 is 0.909 bits per heavy atom. The van der Waals surface area contributed by atoms with E-state index in [1.165, 1.54) is 18.6 Å². The van der Waals surface area contributed by atoms with Crippen molar-refractivity contribution in [3.05, 3.63) is 65.5 Å². The van der Waals surface area contributed by atoms with Gasteiger partial charge in [-0.15, -0.1) is 0 Å². The lowest BCUT2D eigenvalue weighted by atomic mass is 9.77. The maximum absolute atomic E-state index is 13.3. The van der Waals surface area contributed by atoms with Crippen molar-refractivity contribution < 1.29 is 18.7 Å². The molecule has 176 valence electrons. The Balaban J connectivity index is 1.52. The molecule has 2 saturated heterocycles. The van der Waals surface area contributed by atoms with Gasteiger partial charge in [-0.05, 0) is 75.4 Å². The van der Waals surface area contributed by atoms with Crippen molar-refractivity contribution in [3.63, 3.8) is 0 Å². The zero-order valence-corrected chi connectivity index (χ0v) is 19.4. The minimum absolute atomic E-state index is 0.00808. The van der Waals surface area contributed by atoms with Crippen molar-refractivity contribution in [3.8, 4) is 5.75 Å². The lowest BCUT2D eigenvalue weighted by molar-refractivity contribution is -0.136. The highest BCUT2D eigenvalue weighted by Crippen LogP contribution is 2.36. The first-order chi connectivity index (χ1) is 15.9. The van der Waals surface area contributed by atoms with E-state index in [0.717, 1.165) is 44.3 Å². The first-order valence-corrected chi connectivity index (χ1v) is 12.0. The van der Waals surface area contributed by atoms with E-state index >= 15 is 0 Å². The molecule has 0 bridgehead atoms. The van der Waals surface area contributed by atoms with Gasteiger partial charge in [0.1, 0.15) is 11.6 Å². The summed E-state index contributed by atoms with van der Waals surface area (Å²) >= 11 is 0. The lowest BCUT2D eigenvalue weighted by Crippen LogP contribution is -2.51. The highest BCUT2D eigenvalue weighted by molar-refractivity contribution is 5.94. The van der Waals surface area contributed by atoms with Crippen LogP contribution in [0.15, 0.2) is 48.5 Å². The number of likely N-dealkylation sites (tertiary alicyclic amines) is 2. The average molecular weight is 453 g/mol. The summed E-state index contributed by atoms with van der Waals surface area (Å²) < 4.78 is 19.4. The molecule has 0 aromatic heterocycles. The van der Waals surface area contributed by atoms with Gasteiger partial charge in [0.05, 0.1) is 6.61 Å². The summed E-state index contributed by atoms with van der Waals surface area (Å²) in [5.74, 6) is 0.390. The van der Waals surface area contributed by atoms with Gasteiger partial charge in [-0.1, -0.05) is 17.7 Å². The fourth-order valence-corrected chi connectivity index (χ4v) is 4.92. The van der Waals surface area contributed by atoms with Crippen LogP contribution in [0, 0.1) is 18.2 Å². The normalized spacial score (nSPS) is 21.0. The van der Waals surface area contributed by atoms with Crippen LogP contribution in [0.1, 0.15) is 54.4 Å². The van der Waals surface area contributed by atoms with Crippen LogP contribution in [0.2, 0.25) is 0 Å². The van der Waals surface area contributed by atoms with E-state index in [9.17, 15) is 14.0 Å². The number of piperidine rings is 2. The smallest absolute Gasteiger partial charge is 0.253 e. The monoisotopic (exact) mass is 452 g/mol. The lowest BCUT2D eigenvalue weighted by Gasteiger charge is -2.43. The van der Waals surface area contributed by atoms with Gasteiger partial charge in [0, 0.05) is 43.6 Å². The number of benzene rings is 2. The van der Waals surface area contributed by atoms with Gasteiger partial charge in [-0.3, -0.25) is 9.59 Å². The summed E-state index contributed by atoms with van der Waals surface area (Å²) in [5.41, 5.74) is 1.30. The zero-order valence-electron chi connectivity index (χ0n) is 19.4. The molecule has 0 radical (unpaired) electrons. The van der Waals surface area contributed by atoms with Gasteiger partial charge in [0.2, 0.25) is 5.91 Å². The molecule has 2 aromatic carbocycles. The van der Waals surface area contributed by atoms with Gasteiger partial charge < -0.3 is 14.5 Å².